The van der Waals surface area contributed by atoms with Crippen LogP contribution >= 0.6 is 0 Å². The van der Waals surface area contributed by atoms with Gasteiger partial charge in [0.1, 0.15) is 23.6 Å². The minimum Gasteiger partial charge on any atom is -0.467 e. The summed E-state index contributed by atoms with van der Waals surface area (Å²) in [4.78, 5) is 22.7. The number of carbonyl (C=O) groups excluding carboxylic acids is 1. The Hall–Kier alpha value is -2.37. The van der Waals surface area contributed by atoms with Gasteiger partial charge in [-0.05, 0) is 30.9 Å². The molecule has 2 aromatic rings. The number of carbonyl (C=O) groups is 1. The fraction of sp³-hybridized carbons (Fsp3) is 0.438. The van der Waals surface area contributed by atoms with E-state index < -0.39 is 0 Å². The number of aromatic nitrogens is 2. The number of nitrogens with one attached hydrogen (secondary N) is 1. The SMILES string of the molecule is CC1CCCN(C(=O)c2cc(NCc3ccco3)ncn2)C1. The van der Waals surface area contributed by atoms with Crippen LogP contribution in [0.1, 0.15) is 36.0 Å². The molecule has 2 aromatic heterocycles. The van der Waals surface area contributed by atoms with E-state index in [0.717, 1.165) is 25.3 Å². The van der Waals surface area contributed by atoms with E-state index in [4.69, 9.17) is 4.42 Å². The zero-order valence-electron chi connectivity index (χ0n) is 12.7. The van der Waals surface area contributed by atoms with E-state index in [-0.39, 0.29) is 5.91 Å². The van der Waals surface area contributed by atoms with Gasteiger partial charge in [0, 0.05) is 19.2 Å². The van der Waals surface area contributed by atoms with E-state index in [1.54, 1.807) is 12.3 Å². The zero-order chi connectivity index (χ0) is 15.4. The summed E-state index contributed by atoms with van der Waals surface area (Å²) in [5.41, 5.74) is 0.436. The molecule has 6 heteroatoms. The third-order valence-corrected chi connectivity index (χ3v) is 3.85. The molecule has 0 aliphatic carbocycles. The predicted octanol–water partition coefficient (Wildman–Crippen LogP) is 2.55. The molecule has 1 saturated heterocycles. The Labute approximate surface area is 129 Å². The van der Waals surface area contributed by atoms with Crippen LogP contribution in [-0.2, 0) is 6.54 Å². The molecule has 0 saturated carbocycles. The molecule has 0 spiro atoms. The van der Waals surface area contributed by atoms with Crippen LogP contribution in [0.4, 0.5) is 5.82 Å². The first-order valence-corrected chi connectivity index (χ1v) is 7.60. The lowest BCUT2D eigenvalue weighted by Crippen LogP contribution is -2.39. The van der Waals surface area contributed by atoms with Gasteiger partial charge in [-0.1, -0.05) is 6.92 Å². The number of amides is 1. The normalized spacial score (nSPS) is 18.2. The van der Waals surface area contributed by atoms with E-state index >= 15 is 0 Å². The molecular weight excluding hydrogens is 280 g/mol. The number of hydrogen-bond acceptors (Lipinski definition) is 5. The van der Waals surface area contributed by atoms with Crippen molar-refractivity contribution < 1.29 is 9.21 Å². The van der Waals surface area contributed by atoms with Gasteiger partial charge in [-0.25, -0.2) is 9.97 Å². The molecule has 22 heavy (non-hydrogen) atoms. The Morgan fingerprint density at radius 2 is 2.41 bits per heavy atom. The van der Waals surface area contributed by atoms with Crippen LogP contribution in [-0.4, -0.2) is 33.9 Å². The molecular formula is C16H20N4O2. The van der Waals surface area contributed by atoms with Gasteiger partial charge >= 0.3 is 0 Å². The van der Waals surface area contributed by atoms with Crippen LogP contribution in [0.3, 0.4) is 0 Å². The lowest BCUT2D eigenvalue weighted by atomic mass is 10.00. The molecule has 1 unspecified atom stereocenters. The van der Waals surface area contributed by atoms with E-state index in [1.165, 1.54) is 12.7 Å². The molecule has 0 aromatic carbocycles. The van der Waals surface area contributed by atoms with Crippen LogP contribution in [0.5, 0.6) is 0 Å². The Bertz CT molecular complexity index is 627. The monoisotopic (exact) mass is 300 g/mol. The van der Waals surface area contributed by atoms with Crippen LogP contribution in [0.25, 0.3) is 0 Å². The molecule has 0 radical (unpaired) electrons. The molecule has 3 rings (SSSR count). The number of anilines is 1. The van der Waals surface area contributed by atoms with Gasteiger partial charge < -0.3 is 14.6 Å². The van der Waals surface area contributed by atoms with Gasteiger partial charge in [-0.2, -0.15) is 0 Å². The van der Waals surface area contributed by atoms with Gasteiger partial charge in [-0.15, -0.1) is 0 Å². The fourth-order valence-electron chi connectivity index (χ4n) is 2.70. The second-order valence-electron chi connectivity index (χ2n) is 5.72. The third-order valence-electron chi connectivity index (χ3n) is 3.85. The molecule has 1 atom stereocenters. The maximum atomic E-state index is 12.5. The van der Waals surface area contributed by atoms with Crippen LogP contribution in [0, 0.1) is 5.92 Å². The first-order valence-electron chi connectivity index (χ1n) is 7.60. The molecule has 1 amide bonds. The minimum atomic E-state index is -0.0185. The third kappa shape index (κ3) is 3.44. The van der Waals surface area contributed by atoms with Crippen LogP contribution in [0.2, 0.25) is 0 Å². The molecule has 116 valence electrons. The van der Waals surface area contributed by atoms with E-state index in [0.29, 0.717) is 24.0 Å². The summed E-state index contributed by atoms with van der Waals surface area (Å²) in [5.74, 6) is 1.97. The summed E-state index contributed by atoms with van der Waals surface area (Å²) >= 11 is 0. The average Bonchev–Trinajstić information content (AvgIpc) is 3.06. The quantitative estimate of drug-likeness (QED) is 0.939. The summed E-state index contributed by atoms with van der Waals surface area (Å²) in [7, 11) is 0. The van der Waals surface area contributed by atoms with Gasteiger partial charge in [0.25, 0.3) is 5.91 Å². The van der Waals surface area contributed by atoms with Gasteiger partial charge in [0.05, 0.1) is 12.8 Å². The summed E-state index contributed by atoms with van der Waals surface area (Å²) in [5, 5.41) is 3.14. The first-order chi connectivity index (χ1) is 10.7. The van der Waals surface area contributed by atoms with Crippen molar-refractivity contribution in [3.8, 4) is 0 Å². The second-order valence-corrected chi connectivity index (χ2v) is 5.72. The number of piperidine rings is 1. The molecule has 6 nitrogen and oxygen atoms in total. The Morgan fingerprint density at radius 1 is 1.50 bits per heavy atom. The minimum absolute atomic E-state index is 0.0185. The molecule has 0 bridgehead atoms. The van der Waals surface area contributed by atoms with Crippen LogP contribution < -0.4 is 5.32 Å². The lowest BCUT2D eigenvalue weighted by Gasteiger charge is -2.30. The largest absolute Gasteiger partial charge is 0.467 e. The number of rotatable bonds is 4. The number of likely N-dealkylation sites (tertiary alicyclic amines) is 1. The highest BCUT2D eigenvalue weighted by molar-refractivity contribution is 5.92. The van der Waals surface area contributed by atoms with Crippen molar-refractivity contribution in [2.45, 2.75) is 26.3 Å². The van der Waals surface area contributed by atoms with Crippen molar-refractivity contribution in [2.24, 2.45) is 5.92 Å². The van der Waals surface area contributed by atoms with Crippen molar-refractivity contribution in [3.63, 3.8) is 0 Å². The standard InChI is InChI=1S/C16H20N4O2/c1-12-4-2-6-20(10-12)16(21)14-8-15(19-11-18-14)17-9-13-5-3-7-22-13/h3,5,7-8,11-12H,2,4,6,9-10H2,1H3,(H,17,18,19). The number of nitrogens with zero attached hydrogens (tertiary/aromatic N) is 3. The summed E-state index contributed by atoms with van der Waals surface area (Å²) < 4.78 is 5.26. The Kier molecular flexibility index (Phi) is 4.37. The highest BCUT2D eigenvalue weighted by Gasteiger charge is 2.23. The predicted molar refractivity (Wildman–Crippen MR) is 82.4 cm³/mol. The second kappa shape index (κ2) is 6.60. The van der Waals surface area contributed by atoms with Crippen LogP contribution in [0.15, 0.2) is 35.2 Å². The Morgan fingerprint density at radius 3 is 3.18 bits per heavy atom. The lowest BCUT2D eigenvalue weighted by molar-refractivity contribution is 0.0677. The smallest absolute Gasteiger partial charge is 0.272 e. The maximum Gasteiger partial charge on any atom is 0.272 e. The fourth-order valence-corrected chi connectivity index (χ4v) is 2.70. The van der Waals surface area contributed by atoms with Gasteiger partial charge in [0.2, 0.25) is 0 Å². The highest BCUT2D eigenvalue weighted by atomic mass is 16.3. The van der Waals surface area contributed by atoms with E-state index in [1.807, 2.05) is 17.0 Å². The molecule has 1 aliphatic rings. The highest BCUT2D eigenvalue weighted by Crippen LogP contribution is 2.18. The van der Waals surface area contributed by atoms with Gasteiger partial charge in [0.15, 0.2) is 0 Å². The topological polar surface area (TPSA) is 71.3 Å². The van der Waals surface area contributed by atoms with E-state index in [9.17, 15) is 4.79 Å². The van der Waals surface area contributed by atoms with Crippen molar-refractivity contribution in [1.29, 1.82) is 0 Å². The summed E-state index contributed by atoms with van der Waals surface area (Å²) in [6, 6.07) is 5.42. The van der Waals surface area contributed by atoms with Crippen molar-refractivity contribution in [1.82, 2.24) is 14.9 Å². The molecule has 1 aliphatic heterocycles. The average molecular weight is 300 g/mol. The van der Waals surface area contributed by atoms with E-state index in [2.05, 4.69) is 22.2 Å². The molecule has 1 N–H and O–H groups in total. The Balaban J connectivity index is 1.66. The first kappa shape index (κ1) is 14.6. The van der Waals surface area contributed by atoms with Crippen molar-refractivity contribution in [3.05, 3.63) is 42.2 Å². The van der Waals surface area contributed by atoms with Gasteiger partial charge in [-0.3, -0.25) is 4.79 Å². The number of furan rings is 1. The zero-order valence-corrected chi connectivity index (χ0v) is 12.7. The van der Waals surface area contributed by atoms with Crippen molar-refractivity contribution in [2.75, 3.05) is 18.4 Å². The maximum absolute atomic E-state index is 12.5. The number of hydrogen-bond donors (Lipinski definition) is 1. The summed E-state index contributed by atoms with van der Waals surface area (Å²) in [6.45, 7) is 4.31. The molecule has 3 heterocycles. The van der Waals surface area contributed by atoms with Crippen molar-refractivity contribution >= 4 is 11.7 Å². The molecule has 1 fully saturated rings. The summed E-state index contributed by atoms with van der Waals surface area (Å²) in [6.07, 6.45) is 5.29.